The van der Waals surface area contributed by atoms with Crippen LogP contribution in [0, 0.1) is 16.0 Å². The smallest absolute Gasteiger partial charge is 0.270 e. The summed E-state index contributed by atoms with van der Waals surface area (Å²) in [4.78, 5) is 22.8. The Morgan fingerprint density at radius 3 is 2.52 bits per heavy atom. The topological polar surface area (TPSA) is 110 Å². The molecule has 1 saturated heterocycles. The number of nitro groups is 1. The number of nitrogens with one attached hydrogen (secondary N) is 1. The zero-order valence-corrected chi connectivity index (χ0v) is 18.3. The summed E-state index contributed by atoms with van der Waals surface area (Å²) in [6.45, 7) is 0.285. The van der Waals surface area contributed by atoms with Gasteiger partial charge in [0, 0.05) is 36.8 Å². The number of anilines is 1. The molecule has 2 aromatic rings. The predicted molar refractivity (Wildman–Crippen MR) is 117 cm³/mol. The van der Waals surface area contributed by atoms with Crippen LogP contribution in [0.3, 0.4) is 0 Å². The molecular formula is C21H22ClN3O5S. The van der Waals surface area contributed by atoms with Gasteiger partial charge in [0.2, 0.25) is 15.9 Å². The lowest BCUT2D eigenvalue weighted by Gasteiger charge is -2.30. The summed E-state index contributed by atoms with van der Waals surface area (Å²) in [5.74, 6) is -0.427. The molecule has 0 radical (unpaired) electrons. The van der Waals surface area contributed by atoms with Gasteiger partial charge in [-0.25, -0.2) is 8.42 Å². The van der Waals surface area contributed by atoms with Crippen LogP contribution in [0.25, 0.3) is 0 Å². The second-order valence-electron chi connectivity index (χ2n) is 7.88. The number of aryl methyl sites for hydroxylation is 2. The number of halogens is 1. The van der Waals surface area contributed by atoms with E-state index in [9.17, 15) is 23.3 Å². The molecule has 10 heteroatoms. The highest BCUT2D eigenvalue weighted by atomic mass is 35.5. The first-order chi connectivity index (χ1) is 14.8. The monoisotopic (exact) mass is 463 g/mol. The van der Waals surface area contributed by atoms with Crippen LogP contribution < -0.4 is 5.32 Å². The van der Waals surface area contributed by atoms with Crippen molar-refractivity contribution >= 4 is 38.9 Å². The normalized spacial score (nSPS) is 17.3. The fraction of sp³-hybridized carbons (Fsp3) is 0.381. The van der Waals surface area contributed by atoms with E-state index in [0.717, 1.165) is 37.1 Å². The van der Waals surface area contributed by atoms with E-state index >= 15 is 0 Å². The Morgan fingerprint density at radius 1 is 1.10 bits per heavy atom. The SMILES string of the molecule is O=C(Nc1ccc2c(c1)CCC2)C1CCN(S(=O)(=O)c2cc([N+](=O)[O-])ccc2Cl)CC1. The fourth-order valence-corrected chi connectivity index (χ4v) is 6.16. The van der Waals surface area contributed by atoms with Crippen LogP contribution in [0.2, 0.25) is 5.02 Å². The molecule has 0 aromatic heterocycles. The molecular weight excluding hydrogens is 442 g/mol. The number of sulfonamides is 1. The number of piperidine rings is 1. The van der Waals surface area contributed by atoms with Crippen molar-refractivity contribution < 1.29 is 18.1 Å². The first-order valence-corrected chi connectivity index (χ1v) is 11.9. The minimum atomic E-state index is -4.00. The Balaban J connectivity index is 1.41. The van der Waals surface area contributed by atoms with Crippen molar-refractivity contribution in [3.8, 4) is 0 Å². The van der Waals surface area contributed by atoms with Crippen molar-refractivity contribution in [1.29, 1.82) is 0 Å². The van der Waals surface area contributed by atoms with Gasteiger partial charge < -0.3 is 5.32 Å². The summed E-state index contributed by atoms with van der Waals surface area (Å²) in [5, 5.41) is 13.9. The van der Waals surface area contributed by atoms with Gasteiger partial charge in [-0.2, -0.15) is 4.31 Å². The number of carbonyl (C=O) groups is 1. The predicted octanol–water partition coefficient (Wildman–Crippen LogP) is 3.78. The van der Waals surface area contributed by atoms with Gasteiger partial charge in [0.15, 0.2) is 0 Å². The van der Waals surface area contributed by atoms with E-state index in [1.165, 1.54) is 21.5 Å². The highest BCUT2D eigenvalue weighted by Gasteiger charge is 2.34. The Bertz CT molecular complexity index is 1140. The van der Waals surface area contributed by atoms with E-state index in [1.54, 1.807) is 0 Å². The number of nitro benzene ring substituents is 1. The average molecular weight is 464 g/mol. The van der Waals surface area contributed by atoms with Crippen molar-refractivity contribution in [1.82, 2.24) is 4.31 Å². The third-order valence-corrected chi connectivity index (χ3v) is 8.31. The third-order valence-electron chi connectivity index (χ3n) is 5.93. The van der Waals surface area contributed by atoms with Crippen LogP contribution in [0.4, 0.5) is 11.4 Å². The van der Waals surface area contributed by atoms with Crippen molar-refractivity contribution in [3.05, 3.63) is 62.7 Å². The highest BCUT2D eigenvalue weighted by molar-refractivity contribution is 7.89. The molecule has 8 nitrogen and oxygen atoms in total. The van der Waals surface area contributed by atoms with Gasteiger partial charge in [-0.05, 0) is 61.4 Å². The molecule has 0 spiro atoms. The van der Waals surface area contributed by atoms with Gasteiger partial charge in [0.1, 0.15) is 4.90 Å². The average Bonchev–Trinajstić information content (AvgIpc) is 3.21. The Morgan fingerprint density at radius 2 is 1.81 bits per heavy atom. The maximum absolute atomic E-state index is 13.0. The fourth-order valence-electron chi connectivity index (χ4n) is 4.19. The molecule has 0 saturated carbocycles. The van der Waals surface area contributed by atoms with E-state index in [0.29, 0.717) is 12.8 Å². The molecule has 1 aliphatic carbocycles. The largest absolute Gasteiger partial charge is 0.326 e. The van der Waals surface area contributed by atoms with Gasteiger partial charge in [0.05, 0.1) is 9.95 Å². The quantitative estimate of drug-likeness (QED) is 0.536. The van der Waals surface area contributed by atoms with E-state index < -0.39 is 14.9 Å². The molecule has 0 atom stereocenters. The lowest BCUT2D eigenvalue weighted by Crippen LogP contribution is -2.41. The van der Waals surface area contributed by atoms with Crippen molar-refractivity contribution in [2.45, 2.75) is 37.0 Å². The molecule has 2 aliphatic rings. The molecule has 1 fully saturated rings. The maximum atomic E-state index is 13.0. The molecule has 2 aromatic carbocycles. The second-order valence-corrected chi connectivity index (χ2v) is 10.2. The number of rotatable bonds is 5. The van der Waals surface area contributed by atoms with E-state index in [-0.39, 0.29) is 40.5 Å². The Labute approximate surface area is 185 Å². The molecule has 1 amide bonds. The molecule has 31 heavy (non-hydrogen) atoms. The first-order valence-electron chi connectivity index (χ1n) is 10.1. The van der Waals surface area contributed by atoms with E-state index in [2.05, 4.69) is 11.4 Å². The van der Waals surface area contributed by atoms with Gasteiger partial charge in [-0.1, -0.05) is 17.7 Å². The number of hydrogen-bond donors (Lipinski definition) is 1. The molecule has 0 bridgehead atoms. The number of benzene rings is 2. The summed E-state index contributed by atoms with van der Waals surface area (Å²) < 4.78 is 27.2. The van der Waals surface area contributed by atoms with Crippen molar-refractivity contribution in [2.75, 3.05) is 18.4 Å². The van der Waals surface area contributed by atoms with Crippen molar-refractivity contribution in [3.63, 3.8) is 0 Å². The maximum Gasteiger partial charge on any atom is 0.270 e. The standard InChI is InChI=1S/C21H22ClN3O5S/c22-19-7-6-18(25(27)28)13-20(19)31(29,30)24-10-8-15(9-11-24)21(26)23-17-5-4-14-2-1-3-16(14)12-17/h4-7,12-13,15H,1-3,8-11H2,(H,23,26). The molecule has 1 aliphatic heterocycles. The number of amides is 1. The summed E-state index contributed by atoms with van der Waals surface area (Å²) in [5.41, 5.74) is 3.03. The van der Waals surface area contributed by atoms with Crippen LogP contribution >= 0.6 is 11.6 Å². The lowest BCUT2D eigenvalue weighted by atomic mass is 9.97. The minimum absolute atomic E-state index is 0.0675. The second kappa shape index (κ2) is 8.57. The number of carbonyl (C=O) groups excluding carboxylic acids is 1. The van der Waals surface area contributed by atoms with E-state index in [1.807, 2.05) is 12.1 Å². The van der Waals surface area contributed by atoms with Crippen LogP contribution in [-0.2, 0) is 27.7 Å². The lowest BCUT2D eigenvalue weighted by molar-refractivity contribution is -0.385. The van der Waals surface area contributed by atoms with E-state index in [4.69, 9.17) is 11.6 Å². The van der Waals surface area contributed by atoms with Gasteiger partial charge in [0.25, 0.3) is 5.69 Å². The number of nitrogens with zero attached hydrogens (tertiary/aromatic N) is 2. The van der Waals surface area contributed by atoms with Crippen LogP contribution in [-0.4, -0.2) is 36.6 Å². The number of non-ortho nitro benzene ring substituents is 1. The molecule has 1 N–H and O–H groups in total. The van der Waals surface area contributed by atoms with Gasteiger partial charge in [-0.3, -0.25) is 14.9 Å². The zero-order chi connectivity index (χ0) is 22.2. The van der Waals surface area contributed by atoms with Gasteiger partial charge in [-0.15, -0.1) is 0 Å². The molecule has 164 valence electrons. The van der Waals surface area contributed by atoms with Crippen molar-refractivity contribution in [2.24, 2.45) is 5.92 Å². The van der Waals surface area contributed by atoms with Crippen LogP contribution in [0.5, 0.6) is 0 Å². The molecule has 1 heterocycles. The number of fused-ring (bicyclic) bond motifs is 1. The number of hydrogen-bond acceptors (Lipinski definition) is 5. The highest BCUT2D eigenvalue weighted by Crippen LogP contribution is 2.31. The minimum Gasteiger partial charge on any atom is -0.326 e. The molecule has 4 rings (SSSR count). The van der Waals surface area contributed by atoms with Crippen LogP contribution in [0.1, 0.15) is 30.4 Å². The zero-order valence-electron chi connectivity index (χ0n) is 16.7. The van der Waals surface area contributed by atoms with Gasteiger partial charge >= 0.3 is 0 Å². The van der Waals surface area contributed by atoms with Crippen LogP contribution in [0.15, 0.2) is 41.3 Å². The summed E-state index contributed by atoms with van der Waals surface area (Å²) in [6.07, 6.45) is 3.96. The summed E-state index contributed by atoms with van der Waals surface area (Å²) in [6, 6.07) is 9.33. The molecule has 0 unspecified atom stereocenters. The summed E-state index contributed by atoms with van der Waals surface area (Å²) in [7, 11) is -4.00. The Hall–Kier alpha value is -2.49. The summed E-state index contributed by atoms with van der Waals surface area (Å²) >= 11 is 6.02. The first kappa shape index (κ1) is 21.7. The Kier molecular flexibility index (Phi) is 6.00. The third kappa shape index (κ3) is 4.44.